The number of carbonyl (C=O) groups excluding carboxylic acids is 2. The molecule has 1 atom stereocenters. The van der Waals surface area contributed by atoms with Crippen LogP contribution in [0.25, 0.3) is 0 Å². The lowest BCUT2D eigenvalue weighted by atomic mass is 10.1. The van der Waals surface area contributed by atoms with Crippen LogP contribution in [-0.4, -0.2) is 19.0 Å². The molecular formula is C20H23NO4. The molecule has 132 valence electrons. The lowest BCUT2D eigenvalue weighted by molar-refractivity contribution is -0.146. The minimum atomic E-state index is -0.398. The van der Waals surface area contributed by atoms with Gasteiger partial charge in [0.1, 0.15) is 12.4 Å². The first-order valence-corrected chi connectivity index (χ1v) is 8.21. The molecule has 0 saturated heterocycles. The van der Waals surface area contributed by atoms with Gasteiger partial charge >= 0.3 is 5.97 Å². The quantitative estimate of drug-likeness (QED) is 0.748. The Labute approximate surface area is 148 Å². The van der Waals surface area contributed by atoms with Crippen LogP contribution in [-0.2, 0) is 20.9 Å². The zero-order chi connectivity index (χ0) is 18.1. The molecule has 0 heterocycles. The third-order valence-electron chi connectivity index (χ3n) is 3.77. The van der Waals surface area contributed by atoms with Crippen LogP contribution in [0.3, 0.4) is 0 Å². The fourth-order valence-corrected chi connectivity index (χ4v) is 2.35. The topological polar surface area (TPSA) is 64.6 Å². The molecule has 0 bridgehead atoms. The molecule has 0 aliphatic rings. The molecule has 5 heteroatoms. The molecular weight excluding hydrogens is 318 g/mol. The second kappa shape index (κ2) is 9.47. The van der Waals surface area contributed by atoms with Crippen LogP contribution in [0.1, 0.15) is 36.9 Å². The number of hydrogen-bond acceptors (Lipinski definition) is 4. The van der Waals surface area contributed by atoms with Crippen molar-refractivity contribution < 1.29 is 19.1 Å². The normalized spacial score (nSPS) is 11.4. The van der Waals surface area contributed by atoms with Gasteiger partial charge in [-0.15, -0.1) is 0 Å². The highest BCUT2D eigenvalue weighted by Crippen LogP contribution is 2.14. The van der Waals surface area contributed by atoms with Crippen LogP contribution in [0.2, 0.25) is 0 Å². The second-order valence-electron chi connectivity index (χ2n) is 5.71. The number of esters is 1. The van der Waals surface area contributed by atoms with Gasteiger partial charge in [0.25, 0.3) is 0 Å². The number of ether oxygens (including phenoxy) is 2. The smallest absolute Gasteiger partial charge is 0.306 e. The molecule has 0 aromatic heterocycles. The summed E-state index contributed by atoms with van der Waals surface area (Å²) in [6.45, 7) is 2.08. The molecule has 0 spiro atoms. The van der Waals surface area contributed by atoms with E-state index in [2.05, 4.69) is 5.32 Å². The summed E-state index contributed by atoms with van der Waals surface area (Å²) < 4.78 is 10.3. The van der Waals surface area contributed by atoms with E-state index >= 15 is 0 Å². The number of nitrogens with one attached hydrogen (secondary N) is 1. The standard InChI is InChI=1S/C20H23NO4/c1-15(17-8-4-3-5-9-17)21-19(22)11-12-20(23)25-14-16-7-6-10-18(13-16)24-2/h3-10,13,15H,11-12,14H2,1-2H3,(H,21,22)/t15-/m0/s1. The van der Waals surface area contributed by atoms with Crippen molar-refractivity contribution >= 4 is 11.9 Å². The SMILES string of the molecule is COc1cccc(COC(=O)CCC(=O)N[C@@H](C)c2ccccc2)c1. The van der Waals surface area contributed by atoms with Crippen LogP contribution < -0.4 is 10.1 Å². The van der Waals surface area contributed by atoms with Crippen LogP contribution in [0.5, 0.6) is 5.75 Å². The maximum absolute atomic E-state index is 12.0. The Bertz CT molecular complexity index is 700. The zero-order valence-corrected chi connectivity index (χ0v) is 14.5. The van der Waals surface area contributed by atoms with Crippen LogP contribution in [0, 0.1) is 0 Å². The fraction of sp³-hybridized carbons (Fsp3) is 0.300. The summed E-state index contributed by atoms with van der Waals surface area (Å²) in [6.07, 6.45) is 0.158. The van der Waals surface area contributed by atoms with Crippen LogP contribution >= 0.6 is 0 Å². The summed E-state index contributed by atoms with van der Waals surface area (Å²) in [5, 5.41) is 2.88. The predicted molar refractivity (Wildman–Crippen MR) is 95.0 cm³/mol. The van der Waals surface area contributed by atoms with E-state index in [0.717, 1.165) is 11.1 Å². The molecule has 1 amide bonds. The molecule has 2 rings (SSSR count). The Morgan fingerprint density at radius 1 is 1.04 bits per heavy atom. The molecule has 25 heavy (non-hydrogen) atoms. The Balaban J connectivity index is 1.71. The number of methoxy groups -OCH3 is 1. The largest absolute Gasteiger partial charge is 0.497 e. The molecule has 5 nitrogen and oxygen atoms in total. The van der Waals surface area contributed by atoms with Gasteiger partial charge in [-0.3, -0.25) is 9.59 Å². The summed E-state index contributed by atoms with van der Waals surface area (Å²) >= 11 is 0. The average Bonchev–Trinajstić information content (AvgIpc) is 2.65. The van der Waals surface area contributed by atoms with E-state index in [1.54, 1.807) is 7.11 Å². The Kier molecular flexibility index (Phi) is 7.01. The van der Waals surface area contributed by atoms with Gasteiger partial charge < -0.3 is 14.8 Å². The summed E-state index contributed by atoms with van der Waals surface area (Å²) in [5.41, 5.74) is 1.87. The maximum atomic E-state index is 12.0. The van der Waals surface area contributed by atoms with E-state index in [0.29, 0.717) is 5.75 Å². The number of amides is 1. The average molecular weight is 341 g/mol. The maximum Gasteiger partial charge on any atom is 0.306 e. The van der Waals surface area contributed by atoms with E-state index in [-0.39, 0.29) is 31.4 Å². The van der Waals surface area contributed by atoms with Crippen molar-refractivity contribution in [3.05, 3.63) is 65.7 Å². The van der Waals surface area contributed by atoms with Crippen molar-refractivity contribution in [3.63, 3.8) is 0 Å². The van der Waals surface area contributed by atoms with E-state index in [9.17, 15) is 9.59 Å². The summed E-state index contributed by atoms with van der Waals surface area (Å²) in [5.74, 6) is 0.142. The van der Waals surface area contributed by atoms with E-state index in [4.69, 9.17) is 9.47 Å². The van der Waals surface area contributed by atoms with Gasteiger partial charge in [-0.25, -0.2) is 0 Å². The number of benzene rings is 2. The predicted octanol–water partition coefficient (Wildman–Crippen LogP) is 3.40. The zero-order valence-electron chi connectivity index (χ0n) is 14.5. The molecule has 0 aliphatic carbocycles. The summed E-state index contributed by atoms with van der Waals surface area (Å²) in [7, 11) is 1.58. The van der Waals surface area contributed by atoms with Gasteiger partial charge in [-0.1, -0.05) is 42.5 Å². The van der Waals surface area contributed by atoms with Gasteiger partial charge in [0.2, 0.25) is 5.91 Å². The summed E-state index contributed by atoms with van der Waals surface area (Å²) in [4.78, 5) is 23.8. The first-order valence-electron chi connectivity index (χ1n) is 8.21. The van der Waals surface area contributed by atoms with E-state index in [1.165, 1.54) is 0 Å². The highest BCUT2D eigenvalue weighted by molar-refractivity contribution is 5.81. The van der Waals surface area contributed by atoms with Crippen molar-refractivity contribution in [1.82, 2.24) is 5.32 Å². The van der Waals surface area contributed by atoms with Crippen molar-refractivity contribution in [2.75, 3.05) is 7.11 Å². The van der Waals surface area contributed by atoms with Crippen molar-refractivity contribution in [3.8, 4) is 5.75 Å². The van der Waals surface area contributed by atoms with E-state index in [1.807, 2.05) is 61.5 Å². The molecule has 2 aromatic carbocycles. The first kappa shape index (κ1) is 18.5. The molecule has 0 unspecified atom stereocenters. The third-order valence-corrected chi connectivity index (χ3v) is 3.77. The second-order valence-corrected chi connectivity index (χ2v) is 5.71. The van der Waals surface area contributed by atoms with Gasteiger partial charge in [0, 0.05) is 6.42 Å². The highest BCUT2D eigenvalue weighted by atomic mass is 16.5. The highest BCUT2D eigenvalue weighted by Gasteiger charge is 2.12. The molecule has 0 aliphatic heterocycles. The minimum Gasteiger partial charge on any atom is -0.497 e. The van der Waals surface area contributed by atoms with Gasteiger partial charge in [0.15, 0.2) is 0 Å². The first-order chi connectivity index (χ1) is 12.1. The molecule has 0 radical (unpaired) electrons. The molecule has 1 N–H and O–H groups in total. The lowest BCUT2D eigenvalue weighted by Gasteiger charge is -2.14. The number of carbonyl (C=O) groups is 2. The van der Waals surface area contributed by atoms with Crippen LogP contribution in [0.15, 0.2) is 54.6 Å². The Morgan fingerprint density at radius 2 is 1.80 bits per heavy atom. The van der Waals surface area contributed by atoms with Gasteiger partial charge in [-0.2, -0.15) is 0 Å². The monoisotopic (exact) mass is 341 g/mol. The van der Waals surface area contributed by atoms with Gasteiger partial charge in [-0.05, 0) is 30.2 Å². The Morgan fingerprint density at radius 3 is 2.52 bits per heavy atom. The number of rotatable bonds is 8. The van der Waals surface area contributed by atoms with Crippen LogP contribution in [0.4, 0.5) is 0 Å². The van der Waals surface area contributed by atoms with E-state index < -0.39 is 5.97 Å². The van der Waals surface area contributed by atoms with Crippen molar-refractivity contribution in [1.29, 1.82) is 0 Å². The lowest BCUT2D eigenvalue weighted by Crippen LogP contribution is -2.27. The molecule has 0 fully saturated rings. The number of hydrogen-bond donors (Lipinski definition) is 1. The Hall–Kier alpha value is -2.82. The van der Waals surface area contributed by atoms with Gasteiger partial charge in [0.05, 0.1) is 19.6 Å². The molecule has 2 aromatic rings. The minimum absolute atomic E-state index is 0.0529. The third kappa shape index (κ3) is 6.30. The molecule has 0 saturated carbocycles. The summed E-state index contributed by atoms with van der Waals surface area (Å²) in [6, 6.07) is 16.9. The van der Waals surface area contributed by atoms with Crippen molar-refractivity contribution in [2.45, 2.75) is 32.4 Å². The van der Waals surface area contributed by atoms with Crippen molar-refractivity contribution in [2.24, 2.45) is 0 Å². The fourth-order valence-electron chi connectivity index (χ4n) is 2.35.